The Labute approximate surface area is 178 Å². The van der Waals surface area contributed by atoms with E-state index < -0.39 is 0 Å². The zero-order valence-corrected chi connectivity index (χ0v) is 17.7. The van der Waals surface area contributed by atoms with Crippen molar-refractivity contribution < 1.29 is 4.74 Å². The molecule has 1 N–H and O–H groups in total. The molecule has 1 saturated carbocycles. The molecule has 2 aromatic heterocycles. The molecule has 3 atom stereocenters. The number of pyridine rings is 1. The molecule has 3 aliphatic rings. The number of thiocarbonyl (C=S) groups is 1. The van der Waals surface area contributed by atoms with Crippen molar-refractivity contribution in [2.75, 3.05) is 13.2 Å². The first-order valence-corrected chi connectivity index (χ1v) is 11.5. The van der Waals surface area contributed by atoms with Crippen molar-refractivity contribution in [1.82, 2.24) is 19.8 Å². The third kappa shape index (κ3) is 3.80. The van der Waals surface area contributed by atoms with Crippen molar-refractivity contribution in [3.05, 3.63) is 54.1 Å². The fourth-order valence-electron chi connectivity index (χ4n) is 5.28. The summed E-state index contributed by atoms with van der Waals surface area (Å²) in [6, 6.07) is 11.4. The molecular weight excluding hydrogens is 380 g/mol. The highest BCUT2D eigenvalue weighted by molar-refractivity contribution is 7.80. The monoisotopic (exact) mass is 410 g/mol. The van der Waals surface area contributed by atoms with E-state index >= 15 is 0 Å². The molecule has 4 heterocycles. The molecule has 1 aliphatic carbocycles. The molecule has 0 bridgehead atoms. The summed E-state index contributed by atoms with van der Waals surface area (Å²) < 4.78 is 8.49. The predicted octanol–water partition coefficient (Wildman–Crippen LogP) is 4.54. The molecule has 5 rings (SSSR count). The number of nitrogens with zero attached hydrogens (tertiary/aromatic N) is 3. The summed E-state index contributed by atoms with van der Waals surface area (Å²) in [5.41, 5.74) is 2.39. The topological polar surface area (TPSA) is 42.3 Å². The Hall–Kier alpha value is -1.92. The minimum Gasteiger partial charge on any atom is -0.376 e. The Morgan fingerprint density at radius 3 is 2.72 bits per heavy atom. The van der Waals surface area contributed by atoms with Gasteiger partial charge in [-0.2, -0.15) is 0 Å². The van der Waals surface area contributed by atoms with Crippen LogP contribution in [0.2, 0.25) is 0 Å². The zero-order chi connectivity index (χ0) is 19.6. The number of rotatable bonds is 5. The summed E-state index contributed by atoms with van der Waals surface area (Å²) in [6.45, 7) is 1.71. The highest BCUT2D eigenvalue weighted by Crippen LogP contribution is 2.41. The van der Waals surface area contributed by atoms with Crippen LogP contribution in [0.25, 0.3) is 0 Å². The van der Waals surface area contributed by atoms with Gasteiger partial charge in [0.25, 0.3) is 0 Å². The molecular formula is C23H30N4OS. The van der Waals surface area contributed by atoms with Crippen LogP contribution < -0.4 is 5.32 Å². The van der Waals surface area contributed by atoms with Crippen molar-refractivity contribution in [2.24, 2.45) is 0 Å². The van der Waals surface area contributed by atoms with Crippen LogP contribution in [-0.2, 0) is 4.74 Å². The fourth-order valence-corrected chi connectivity index (χ4v) is 5.60. The van der Waals surface area contributed by atoms with Gasteiger partial charge < -0.3 is 19.5 Å². The van der Waals surface area contributed by atoms with E-state index in [4.69, 9.17) is 17.0 Å². The zero-order valence-electron chi connectivity index (χ0n) is 16.9. The molecule has 2 saturated heterocycles. The van der Waals surface area contributed by atoms with Gasteiger partial charge >= 0.3 is 0 Å². The molecule has 3 fully saturated rings. The standard InChI is InChI=1S/C23H30N4OS/c29-23-25-21(19-11-4-5-13-24-19)22(27(23)16-18-10-7-15-28-18)20-12-6-14-26(20)17-8-2-1-3-9-17/h4-6,11-14,17-18,21-22H,1-3,7-10,15-16H2,(H,25,29)/t18-,21+,22-/m0/s1. The van der Waals surface area contributed by atoms with Gasteiger partial charge in [-0.15, -0.1) is 0 Å². The van der Waals surface area contributed by atoms with Crippen molar-refractivity contribution in [3.63, 3.8) is 0 Å². The Morgan fingerprint density at radius 2 is 1.97 bits per heavy atom. The van der Waals surface area contributed by atoms with E-state index in [2.05, 4.69) is 50.2 Å². The lowest BCUT2D eigenvalue weighted by atomic mass is 9.94. The van der Waals surface area contributed by atoms with Crippen LogP contribution in [0.15, 0.2) is 42.7 Å². The van der Waals surface area contributed by atoms with Gasteiger partial charge in [0.2, 0.25) is 0 Å². The maximum absolute atomic E-state index is 5.96. The molecule has 2 aromatic rings. The number of aromatic nitrogens is 2. The molecule has 0 spiro atoms. The van der Waals surface area contributed by atoms with E-state index in [0.29, 0.717) is 6.04 Å². The number of nitrogens with one attached hydrogen (secondary N) is 1. The first-order valence-electron chi connectivity index (χ1n) is 11.1. The molecule has 29 heavy (non-hydrogen) atoms. The van der Waals surface area contributed by atoms with E-state index in [1.807, 2.05) is 12.3 Å². The number of hydrogen-bond donors (Lipinski definition) is 1. The summed E-state index contributed by atoms with van der Waals surface area (Å²) in [5, 5.41) is 4.41. The molecule has 2 aliphatic heterocycles. The summed E-state index contributed by atoms with van der Waals surface area (Å²) in [4.78, 5) is 7.03. The quantitative estimate of drug-likeness (QED) is 0.733. The third-order valence-corrected chi connectivity index (χ3v) is 7.06. The molecule has 0 unspecified atom stereocenters. The largest absolute Gasteiger partial charge is 0.376 e. The van der Waals surface area contributed by atoms with Crippen molar-refractivity contribution in [3.8, 4) is 0 Å². The highest BCUT2D eigenvalue weighted by Gasteiger charge is 2.42. The summed E-state index contributed by atoms with van der Waals surface area (Å²) in [6.07, 6.45) is 13.2. The molecule has 5 nitrogen and oxygen atoms in total. The van der Waals surface area contributed by atoms with E-state index in [1.165, 1.54) is 37.8 Å². The van der Waals surface area contributed by atoms with E-state index in [-0.39, 0.29) is 18.2 Å². The molecule has 154 valence electrons. The van der Waals surface area contributed by atoms with Gasteiger partial charge in [0.1, 0.15) is 0 Å². The predicted molar refractivity (Wildman–Crippen MR) is 118 cm³/mol. The van der Waals surface area contributed by atoms with Gasteiger partial charge in [0, 0.05) is 37.3 Å². The van der Waals surface area contributed by atoms with Crippen LogP contribution in [0.3, 0.4) is 0 Å². The van der Waals surface area contributed by atoms with Crippen LogP contribution >= 0.6 is 12.2 Å². The summed E-state index contributed by atoms with van der Waals surface area (Å²) in [7, 11) is 0. The van der Waals surface area contributed by atoms with Gasteiger partial charge in [-0.05, 0) is 62.2 Å². The molecule has 0 amide bonds. The Kier molecular flexibility index (Phi) is 5.55. The smallest absolute Gasteiger partial charge is 0.170 e. The maximum Gasteiger partial charge on any atom is 0.170 e. The van der Waals surface area contributed by atoms with Crippen LogP contribution in [-0.4, -0.2) is 38.8 Å². The number of hydrogen-bond acceptors (Lipinski definition) is 3. The van der Waals surface area contributed by atoms with Crippen LogP contribution in [0, 0.1) is 0 Å². The van der Waals surface area contributed by atoms with Crippen LogP contribution in [0.5, 0.6) is 0 Å². The summed E-state index contributed by atoms with van der Waals surface area (Å²) in [5.74, 6) is 0. The van der Waals surface area contributed by atoms with Crippen LogP contribution in [0.1, 0.15) is 74.5 Å². The average Bonchev–Trinajstić information content (AvgIpc) is 3.51. The second-order valence-corrected chi connectivity index (χ2v) is 8.93. The van der Waals surface area contributed by atoms with E-state index in [1.54, 1.807) is 0 Å². The molecule has 0 aromatic carbocycles. The van der Waals surface area contributed by atoms with E-state index in [9.17, 15) is 0 Å². The lowest BCUT2D eigenvalue weighted by Crippen LogP contribution is -2.37. The molecule has 0 radical (unpaired) electrons. The fraction of sp³-hybridized carbons (Fsp3) is 0.565. The van der Waals surface area contributed by atoms with Gasteiger partial charge in [-0.1, -0.05) is 25.3 Å². The third-order valence-electron chi connectivity index (χ3n) is 6.71. The minimum absolute atomic E-state index is 0.0577. The lowest BCUT2D eigenvalue weighted by molar-refractivity contribution is 0.0831. The van der Waals surface area contributed by atoms with Gasteiger partial charge in [0.05, 0.1) is 23.9 Å². The Balaban J connectivity index is 1.51. The second kappa shape index (κ2) is 8.44. The second-order valence-electron chi connectivity index (χ2n) is 8.55. The SMILES string of the molecule is S=C1N[C@H](c2ccccn2)[C@H](c2cccn2C2CCCCC2)N1C[C@@H]1CCCO1. The van der Waals surface area contributed by atoms with Gasteiger partial charge in [0.15, 0.2) is 5.11 Å². The summed E-state index contributed by atoms with van der Waals surface area (Å²) >= 11 is 5.83. The van der Waals surface area contributed by atoms with Crippen molar-refractivity contribution in [1.29, 1.82) is 0 Å². The molecule has 6 heteroatoms. The number of ether oxygens (including phenoxy) is 1. The first-order chi connectivity index (χ1) is 14.3. The lowest BCUT2D eigenvalue weighted by Gasteiger charge is -2.33. The van der Waals surface area contributed by atoms with Crippen molar-refractivity contribution >= 4 is 17.3 Å². The normalized spacial score (nSPS) is 28.1. The average molecular weight is 411 g/mol. The van der Waals surface area contributed by atoms with E-state index in [0.717, 1.165) is 36.8 Å². The Morgan fingerprint density at radius 1 is 1.07 bits per heavy atom. The van der Waals surface area contributed by atoms with Gasteiger partial charge in [-0.25, -0.2) is 0 Å². The maximum atomic E-state index is 5.96. The highest BCUT2D eigenvalue weighted by atomic mass is 32.1. The minimum atomic E-state index is 0.0577. The Bertz CT molecular complexity index is 826. The van der Waals surface area contributed by atoms with Crippen molar-refractivity contribution in [2.45, 2.75) is 69.2 Å². The van der Waals surface area contributed by atoms with Crippen LogP contribution in [0.4, 0.5) is 0 Å². The van der Waals surface area contributed by atoms with Gasteiger partial charge in [-0.3, -0.25) is 4.98 Å². The first kappa shape index (κ1) is 19.1.